The standard InChI is InChI=1S/C13H15NO5/c1-3-18-11(15)9(2)14-13(17)19-12(16)10-7-5-4-6-8-10/h4-9H,3H2,1-2H3,(H,14,17). The van der Waals surface area contributed by atoms with Crippen LogP contribution in [0.15, 0.2) is 30.3 Å². The Morgan fingerprint density at radius 1 is 1.21 bits per heavy atom. The number of ether oxygens (including phenoxy) is 2. The van der Waals surface area contributed by atoms with Crippen LogP contribution in [0, 0.1) is 0 Å². The number of amides is 1. The average Bonchev–Trinajstić information content (AvgIpc) is 2.39. The smallest absolute Gasteiger partial charge is 0.415 e. The summed E-state index contributed by atoms with van der Waals surface area (Å²) in [6.45, 7) is 3.30. The van der Waals surface area contributed by atoms with Crippen LogP contribution in [0.1, 0.15) is 24.2 Å². The summed E-state index contributed by atoms with van der Waals surface area (Å²) in [5.41, 5.74) is 0.251. The van der Waals surface area contributed by atoms with E-state index in [4.69, 9.17) is 4.74 Å². The van der Waals surface area contributed by atoms with Gasteiger partial charge in [-0.3, -0.25) is 0 Å². The molecule has 6 heteroatoms. The summed E-state index contributed by atoms with van der Waals surface area (Å²) < 4.78 is 9.24. The van der Waals surface area contributed by atoms with Gasteiger partial charge in [-0.15, -0.1) is 0 Å². The monoisotopic (exact) mass is 265 g/mol. The van der Waals surface area contributed by atoms with Gasteiger partial charge in [0.05, 0.1) is 12.2 Å². The fraction of sp³-hybridized carbons (Fsp3) is 0.308. The van der Waals surface area contributed by atoms with Crippen molar-refractivity contribution in [1.82, 2.24) is 5.32 Å². The minimum atomic E-state index is -0.991. The molecule has 1 rings (SSSR count). The minimum Gasteiger partial charge on any atom is -0.464 e. The number of esters is 2. The van der Waals surface area contributed by atoms with E-state index in [1.54, 1.807) is 25.1 Å². The first-order chi connectivity index (χ1) is 9.04. The first-order valence-electron chi connectivity index (χ1n) is 5.79. The van der Waals surface area contributed by atoms with Crippen LogP contribution in [-0.4, -0.2) is 30.7 Å². The zero-order valence-electron chi connectivity index (χ0n) is 10.7. The van der Waals surface area contributed by atoms with Gasteiger partial charge < -0.3 is 14.8 Å². The maximum absolute atomic E-state index is 11.5. The van der Waals surface area contributed by atoms with Crippen LogP contribution in [0.2, 0.25) is 0 Å². The molecule has 6 nitrogen and oxygen atoms in total. The van der Waals surface area contributed by atoms with Gasteiger partial charge in [-0.1, -0.05) is 18.2 Å². The van der Waals surface area contributed by atoms with E-state index in [2.05, 4.69) is 10.1 Å². The molecule has 1 atom stereocenters. The predicted molar refractivity (Wildman–Crippen MR) is 66.5 cm³/mol. The van der Waals surface area contributed by atoms with E-state index in [1.165, 1.54) is 19.1 Å². The Labute approximate surface area is 110 Å². The molecule has 0 bridgehead atoms. The van der Waals surface area contributed by atoms with Crippen LogP contribution < -0.4 is 5.32 Å². The Morgan fingerprint density at radius 3 is 2.42 bits per heavy atom. The SMILES string of the molecule is CCOC(=O)C(C)NC(=O)OC(=O)c1ccccc1. The molecule has 0 saturated carbocycles. The third kappa shape index (κ3) is 4.79. The highest BCUT2D eigenvalue weighted by atomic mass is 16.6. The van der Waals surface area contributed by atoms with Gasteiger partial charge in [0.25, 0.3) is 0 Å². The molecule has 0 spiro atoms. The van der Waals surface area contributed by atoms with E-state index in [1.807, 2.05) is 0 Å². The highest BCUT2D eigenvalue weighted by Crippen LogP contribution is 2.01. The number of rotatable bonds is 4. The first kappa shape index (κ1) is 14.7. The topological polar surface area (TPSA) is 81.7 Å². The summed E-state index contributed by atoms with van der Waals surface area (Å²) in [4.78, 5) is 34.2. The van der Waals surface area contributed by atoms with Gasteiger partial charge in [0, 0.05) is 0 Å². The Kier molecular flexibility index (Phi) is 5.53. The highest BCUT2D eigenvalue weighted by molar-refractivity contribution is 5.97. The lowest BCUT2D eigenvalue weighted by Crippen LogP contribution is -2.40. The Bertz CT molecular complexity index is 457. The van der Waals surface area contributed by atoms with Crippen LogP contribution in [0.3, 0.4) is 0 Å². The molecule has 102 valence electrons. The molecule has 0 aliphatic carbocycles. The largest absolute Gasteiger partial charge is 0.464 e. The van der Waals surface area contributed by atoms with Crippen LogP contribution >= 0.6 is 0 Å². The van der Waals surface area contributed by atoms with E-state index in [0.717, 1.165) is 0 Å². The van der Waals surface area contributed by atoms with Gasteiger partial charge in [0.15, 0.2) is 0 Å². The van der Waals surface area contributed by atoms with Crippen molar-refractivity contribution in [2.24, 2.45) is 0 Å². The number of carbonyl (C=O) groups excluding carboxylic acids is 3. The van der Waals surface area contributed by atoms with Gasteiger partial charge >= 0.3 is 18.0 Å². The van der Waals surface area contributed by atoms with E-state index in [9.17, 15) is 14.4 Å². The lowest BCUT2D eigenvalue weighted by Gasteiger charge is -2.11. The molecule has 1 unspecified atom stereocenters. The predicted octanol–water partition coefficient (Wildman–Crippen LogP) is 1.50. The summed E-state index contributed by atoms with van der Waals surface area (Å²) in [5, 5.41) is 2.21. The zero-order chi connectivity index (χ0) is 14.3. The third-order valence-corrected chi connectivity index (χ3v) is 2.17. The van der Waals surface area contributed by atoms with E-state index in [-0.39, 0.29) is 12.2 Å². The second-order valence-electron chi connectivity index (χ2n) is 3.66. The molecule has 1 N–H and O–H groups in total. The maximum Gasteiger partial charge on any atom is 0.415 e. The molecule has 0 radical (unpaired) electrons. The van der Waals surface area contributed by atoms with Gasteiger partial charge in [-0.05, 0) is 26.0 Å². The summed E-state index contributed by atoms with van der Waals surface area (Å²) in [6.07, 6.45) is -0.991. The van der Waals surface area contributed by atoms with Crippen LogP contribution in [0.4, 0.5) is 4.79 Å². The molecule has 1 aromatic carbocycles. The van der Waals surface area contributed by atoms with Crippen molar-refractivity contribution in [2.75, 3.05) is 6.61 Å². The normalized spacial score (nSPS) is 11.3. The molecule has 19 heavy (non-hydrogen) atoms. The van der Waals surface area contributed by atoms with Crippen molar-refractivity contribution in [2.45, 2.75) is 19.9 Å². The van der Waals surface area contributed by atoms with E-state index < -0.39 is 24.1 Å². The Morgan fingerprint density at radius 2 is 1.84 bits per heavy atom. The lowest BCUT2D eigenvalue weighted by molar-refractivity contribution is -0.145. The average molecular weight is 265 g/mol. The Hall–Kier alpha value is -2.37. The number of benzene rings is 1. The molecule has 1 amide bonds. The van der Waals surface area contributed by atoms with Gasteiger partial charge in [-0.25, -0.2) is 14.4 Å². The van der Waals surface area contributed by atoms with Gasteiger partial charge in [0.1, 0.15) is 6.04 Å². The second-order valence-corrected chi connectivity index (χ2v) is 3.66. The molecule has 0 aliphatic heterocycles. The summed E-state index contributed by atoms with van der Waals surface area (Å²) in [5.74, 6) is -1.37. The third-order valence-electron chi connectivity index (χ3n) is 2.17. The molecule has 0 fully saturated rings. The van der Waals surface area contributed by atoms with Crippen LogP contribution in [-0.2, 0) is 14.3 Å². The molecule has 0 heterocycles. The molecule has 0 saturated heterocycles. The molecular weight excluding hydrogens is 250 g/mol. The molecule has 0 aromatic heterocycles. The van der Waals surface area contributed by atoms with Gasteiger partial charge in [-0.2, -0.15) is 0 Å². The number of alkyl carbamates (subject to hydrolysis) is 1. The molecular formula is C13H15NO5. The number of nitrogens with one attached hydrogen (secondary N) is 1. The van der Waals surface area contributed by atoms with Crippen molar-refractivity contribution in [1.29, 1.82) is 0 Å². The summed E-state index contributed by atoms with van der Waals surface area (Å²) >= 11 is 0. The summed E-state index contributed by atoms with van der Waals surface area (Å²) in [7, 11) is 0. The van der Waals surface area contributed by atoms with E-state index in [0.29, 0.717) is 0 Å². The Balaban J connectivity index is 2.48. The second kappa shape index (κ2) is 7.15. The quantitative estimate of drug-likeness (QED) is 0.659. The van der Waals surface area contributed by atoms with Crippen molar-refractivity contribution >= 4 is 18.0 Å². The fourth-order valence-corrected chi connectivity index (χ4v) is 1.25. The van der Waals surface area contributed by atoms with Gasteiger partial charge in [0.2, 0.25) is 0 Å². The molecule has 1 aromatic rings. The van der Waals surface area contributed by atoms with Crippen molar-refractivity contribution in [3.05, 3.63) is 35.9 Å². The fourth-order valence-electron chi connectivity index (χ4n) is 1.25. The van der Waals surface area contributed by atoms with Crippen LogP contribution in [0.25, 0.3) is 0 Å². The van der Waals surface area contributed by atoms with Crippen LogP contribution in [0.5, 0.6) is 0 Å². The number of hydrogen-bond acceptors (Lipinski definition) is 5. The lowest BCUT2D eigenvalue weighted by atomic mass is 10.2. The van der Waals surface area contributed by atoms with Crippen molar-refractivity contribution in [3.63, 3.8) is 0 Å². The number of carbonyl (C=O) groups is 3. The highest BCUT2D eigenvalue weighted by Gasteiger charge is 2.19. The van der Waals surface area contributed by atoms with E-state index >= 15 is 0 Å². The van der Waals surface area contributed by atoms with Crippen molar-refractivity contribution in [3.8, 4) is 0 Å². The summed E-state index contributed by atoms with van der Waals surface area (Å²) in [6, 6.07) is 7.19. The zero-order valence-corrected chi connectivity index (χ0v) is 10.7. The minimum absolute atomic E-state index is 0.211. The molecule has 0 aliphatic rings. The first-order valence-corrected chi connectivity index (χ1v) is 5.79. The maximum atomic E-state index is 11.5. The number of hydrogen-bond donors (Lipinski definition) is 1. The van der Waals surface area contributed by atoms with Crippen molar-refractivity contribution < 1.29 is 23.9 Å².